The lowest BCUT2D eigenvalue weighted by Gasteiger charge is -2.03. The predicted molar refractivity (Wildman–Crippen MR) is 55.1 cm³/mol. The van der Waals surface area contributed by atoms with Crippen molar-refractivity contribution in [2.45, 2.75) is 13.3 Å². The summed E-state index contributed by atoms with van der Waals surface area (Å²) in [5.74, 6) is 0. The van der Waals surface area contributed by atoms with Crippen LogP contribution in [0, 0.1) is 6.92 Å². The average Bonchev–Trinajstić information content (AvgIpc) is 2.21. The molecule has 0 aliphatic heterocycles. The monoisotopic (exact) mass is 193 g/mol. The van der Waals surface area contributed by atoms with Crippen LogP contribution in [0.15, 0.2) is 18.3 Å². The number of aryl methyl sites for hydroxylation is 1. The summed E-state index contributed by atoms with van der Waals surface area (Å²) < 4.78 is 0. The lowest BCUT2D eigenvalue weighted by Crippen LogP contribution is -2.34. The molecule has 0 unspecified atom stereocenters. The highest BCUT2D eigenvalue weighted by Crippen LogP contribution is 1.98. The number of rotatable bonds is 3. The molecule has 1 aromatic rings. The Balaban J connectivity index is 2.31. The molecule has 4 nitrogen and oxygen atoms in total. The minimum Gasteiger partial charge on any atom is -0.341 e. The van der Waals surface area contributed by atoms with E-state index in [-0.39, 0.29) is 6.03 Å². The van der Waals surface area contributed by atoms with E-state index in [1.165, 1.54) is 0 Å². The van der Waals surface area contributed by atoms with Crippen molar-refractivity contribution in [2.75, 3.05) is 13.6 Å². The molecule has 76 valence electrons. The number of nitrogens with one attached hydrogen (secondary N) is 2. The molecule has 0 bridgehead atoms. The van der Waals surface area contributed by atoms with E-state index in [1.807, 2.05) is 25.3 Å². The maximum Gasteiger partial charge on any atom is 0.314 e. The number of hydrogen-bond acceptors (Lipinski definition) is 2. The number of pyridine rings is 1. The SMILES string of the molecule is CNC(=O)NCCc1ccc(C)cn1. The molecule has 0 aromatic carbocycles. The highest BCUT2D eigenvalue weighted by Gasteiger charge is 1.96. The van der Waals surface area contributed by atoms with Gasteiger partial charge < -0.3 is 10.6 Å². The number of urea groups is 1. The van der Waals surface area contributed by atoms with Gasteiger partial charge in [0, 0.05) is 31.9 Å². The van der Waals surface area contributed by atoms with Gasteiger partial charge in [0.15, 0.2) is 0 Å². The van der Waals surface area contributed by atoms with Gasteiger partial charge in [0.1, 0.15) is 0 Å². The van der Waals surface area contributed by atoms with E-state index in [0.29, 0.717) is 6.54 Å². The van der Waals surface area contributed by atoms with Crippen molar-refractivity contribution in [1.82, 2.24) is 15.6 Å². The van der Waals surface area contributed by atoms with E-state index < -0.39 is 0 Å². The molecular weight excluding hydrogens is 178 g/mol. The van der Waals surface area contributed by atoms with Crippen LogP contribution in [0.5, 0.6) is 0 Å². The Hall–Kier alpha value is -1.58. The molecule has 0 aliphatic rings. The predicted octanol–water partition coefficient (Wildman–Crippen LogP) is 0.862. The molecule has 1 aromatic heterocycles. The summed E-state index contributed by atoms with van der Waals surface area (Å²) in [6.07, 6.45) is 2.59. The first-order valence-electron chi connectivity index (χ1n) is 4.59. The highest BCUT2D eigenvalue weighted by molar-refractivity contribution is 5.73. The Morgan fingerprint density at radius 3 is 2.86 bits per heavy atom. The fourth-order valence-electron chi connectivity index (χ4n) is 1.04. The van der Waals surface area contributed by atoms with Crippen molar-refractivity contribution >= 4 is 6.03 Å². The van der Waals surface area contributed by atoms with Gasteiger partial charge in [0.25, 0.3) is 0 Å². The molecule has 0 aliphatic carbocycles. The van der Waals surface area contributed by atoms with Crippen LogP contribution in [0.1, 0.15) is 11.3 Å². The van der Waals surface area contributed by atoms with Crippen LogP contribution in [-0.2, 0) is 6.42 Å². The third kappa shape index (κ3) is 3.43. The summed E-state index contributed by atoms with van der Waals surface area (Å²) in [5.41, 5.74) is 2.14. The molecule has 0 saturated carbocycles. The largest absolute Gasteiger partial charge is 0.341 e. The molecule has 1 heterocycles. The molecule has 2 amide bonds. The van der Waals surface area contributed by atoms with Crippen molar-refractivity contribution in [2.24, 2.45) is 0 Å². The fourth-order valence-corrected chi connectivity index (χ4v) is 1.04. The number of aromatic nitrogens is 1. The van der Waals surface area contributed by atoms with Gasteiger partial charge in [-0.05, 0) is 18.6 Å². The summed E-state index contributed by atoms with van der Waals surface area (Å²) in [5, 5.41) is 5.20. The lowest BCUT2D eigenvalue weighted by molar-refractivity contribution is 0.243. The Labute approximate surface area is 83.7 Å². The van der Waals surface area contributed by atoms with E-state index in [1.54, 1.807) is 7.05 Å². The average molecular weight is 193 g/mol. The maximum atomic E-state index is 10.8. The van der Waals surface area contributed by atoms with E-state index in [0.717, 1.165) is 17.7 Å². The second-order valence-electron chi connectivity index (χ2n) is 3.08. The van der Waals surface area contributed by atoms with E-state index in [2.05, 4.69) is 15.6 Å². The summed E-state index contributed by atoms with van der Waals surface area (Å²) in [7, 11) is 1.60. The lowest BCUT2D eigenvalue weighted by atomic mass is 10.2. The van der Waals surface area contributed by atoms with E-state index in [9.17, 15) is 4.79 Å². The first kappa shape index (κ1) is 10.5. The van der Waals surface area contributed by atoms with Crippen LogP contribution in [0.25, 0.3) is 0 Å². The zero-order chi connectivity index (χ0) is 10.4. The molecule has 1 rings (SSSR count). The molecule has 0 spiro atoms. The van der Waals surface area contributed by atoms with Crippen LogP contribution in [0.3, 0.4) is 0 Å². The third-order valence-electron chi connectivity index (χ3n) is 1.87. The Kier molecular flexibility index (Phi) is 3.91. The van der Waals surface area contributed by atoms with Gasteiger partial charge in [-0.2, -0.15) is 0 Å². The van der Waals surface area contributed by atoms with E-state index in [4.69, 9.17) is 0 Å². The summed E-state index contributed by atoms with van der Waals surface area (Å²) in [4.78, 5) is 15.0. The van der Waals surface area contributed by atoms with Crippen molar-refractivity contribution in [3.63, 3.8) is 0 Å². The first-order valence-corrected chi connectivity index (χ1v) is 4.59. The zero-order valence-corrected chi connectivity index (χ0v) is 8.50. The van der Waals surface area contributed by atoms with E-state index >= 15 is 0 Å². The van der Waals surface area contributed by atoms with Gasteiger partial charge in [-0.3, -0.25) is 4.98 Å². The van der Waals surface area contributed by atoms with Crippen molar-refractivity contribution < 1.29 is 4.79 Å². The summed E-state index contributed by atoms with van der Waals surface area (Å²) >= 11 is 0. The number of amides is 2. The number of carbonyl (C=O) groups is 1. The van der Waals surface area contributed by atoms with Gasteiger partial charge >= 0.3 is 6.03 Å². The van der Waals surface area contributed by atoms with Crippen LogP contribution in [-0.4, -0.2) is 24.6 Å². The molecule has 0 saturated heterocycles. The molecular formula is C10H15N3O. The zero-order valence-electron chi connectivity index (χ0n) is 8.50. The minimum atomic E-state index is -0.155. The molecule has 14 heavy (non-hydrogen) atoms. The van der Waals surface area contributed by atoms with Crippen LogP contribution >= 0.6 is 0 Å². The number of hydrogen-bond donors (Lipinski definition) is 2. The van der Waals surface area contributed by atoms with Gasteiger partial charge in [-0.1, -0.05) is 6.07 Å². The normalized spacial score (nSPS) is 9.57. The third-order valence-corrected chi connectivity index (χ3v) is 1.87. The molecule has 4 heteroatoms. The Bertz CT molecular complexity index is 295. The summed E-state index contributed by atoms with van der Waals surface area (Å²) in [6, 6.07) is 3.83. The van der Waals surface area contributed by atoms with Crippen LogP contribution in [0.4, 0.5) is 4.79 Å². The van der Waals surface area contributed by atoms with Gasteiger partial charge in [-0.15, -0.1) is 0 Å². The minimum absolute atomic E-state index is 0.155. The maximum absolute atomic E-state index is 10.8. The molecule has 0 radical (unpaired) electrons. The van der Waals surface area contributed by atoms with Gasteiger partial charge in [0.05, 0.1) is 0 Å². The van der Waals surface area contributed by atoms with Crippen molar-refractivity contribution in [3.05, 3.63) is 29.6 Å². The molecule has 0 atom stereocenters. The highest BCUT2D eigenvalue weighted by atomic mass is 16.2. The first-order chi connectivity index (χ1) is 6.72. The van der Waals surface area contributed by atoms with Gasteiger partial charge in [0.2, 0.25) is 0 Å². The van der Waals surface area contributed by atoms with Crippen LogP contribution in [0.2, 0.25) is 0 Å². The Morgan fingerprint density at radius 2 is 2.29 bits per heavy atom. The molecule has 2 N–H and O–H groups in total. The smallest absolute Gasteiger partial charge is 0.314 e. The standard InChI is InChI=1S/C10H15N3O/c1-8-3-4-9(13-7-8)5-6-12-10(14)11-2/h3-4,7H,5-6H2,1-2H3,(H2,11,12,14). The van der Waals surface area contributed by atoms with Crippen molar-refractivity contribution in [1.29, 1.82) is 0 Å². The molecule has 0 fully saturated rings. The number of carbonyl (C=O) groups excluding carboxylic acids is 1. The Morgan fingerprint density at radius 1 is 1.50 bits per heavy atom. The van der Waals surface area contributed by atoms with Crippen molar-refractivity contribution in [3.8, 4) is 0 Å². The number of nitrogens with zero attached hydrogens (tertiary/aromatic N) is 1. The second kappa shape index (κ2) is 5.21. The fraction of sp³-hybridized carbons (Fsp3) is 0.400. The topological polar surface area (TPSA) is 54.0 Å². The van der Waals surface area contributed by atoms with Gasteiger partial charge in [-0.25, -0.2) is 4.79 Å². The second-order valence-corrected chi connectivity index (χ2v) is 3.08. The quantitative estimate of drug-likeness (QED) is 0.748. The van der Waals surface area contributed by atoms with Crippen LogP contribution < -0.4 is 10.6 Å². The summed E-state index contributed by atoms with van der Waals surface area (Å²) in [6.45, 7) is 2.61.